The molecule has 38 heavy (non-hydrogen) atoms. The first kappa shape index (κ1) is 28.3. The fraction of sp³-hybridized carbons (Fsp3) is 0.467. The van der Waals surface area contributed by atoms with Crippen molar-refractivity contribution in [2.45, 2.75) is 65.3 Å². The third-order valence-corrected chi connectivity index (χ3v) is 7.18. The van der Waals surface area contributed by atoms with Crippen LogP contribution in [0.5, 0.6) is 0 Å². The largest absolute Gasteiger partial charge is 0.385 e. The number of hydrogen-bond donors (Lipinski definition) is 4. The van der Waals surface area contributed by atoms with E-state index < -0.39 is 6.23 Å². The molecule has 2 unspecified atom stereocenters. The van der Waals surface area contributed by atoms with Crippen molar-refractivity contribution in [3.05, 3.63) is 82.7 Å². The maximum atomic E-state index is 10.9. The molecule has 1 saturated carbocycles. The van der Waals surface area contributed by atoms with Gasteiger partial charge in [0.15, 0.2) is 0 Å². The van der Waals surface area contributed by atoms with E-state index in [2.05, 4.69) is 52.3 Å². The number of aliphatic hydroxyl groups is 1. The minimum absolute atomic E-state index is 0.282. The first-order valence-corrected chi connectivity index (χ1v) is 14.2. The normalized spacial score (nSPS) is 15.6. The van der Waals surface area contributed by atoms with Crippen LogP contribution in [0.4, 0.5) is 0 Å². The van der Waals surface area contributed by atoms with E-state index in [-0.39, 0.29) is 6.04 Å². The van der Waals surface area contributed by atoms with Crippen molar-refractivity contribution in [1.82, 2.24) is 30.5 Å². The van der Waals surface area contributed by atoms with Gasteiger partial charge in [-0.2, -0.15) is 0 Å². The van der Waals surface area contributed by atoms with Gasteiger partial charge in [0.1, 0.15) is 12.1 Å². The summed E-state index contributed by atoms with van der Waals surface area (Å²) in [6.07, 6.45) is 9.35. The Kier molecular flexibility index (Phi) is 10.4. The van der Waals surface area contributed by atoms with Gasteiger partial charge in [-0.15, -0.1) is 0 Å². The molecular formula is C30H41ClN6O. The van der Waals surface area contributed by atoms with E-state index in [1.54, 1.807) is 12.4 Å². The minimum atomic E-state index is -0.644. The smallest absolute Gasteiger partial charge is 0.133 e. The number of H-pyrrole nitrogens is 1. The number of pyridine rings is 1. The second kappa shape index (κ2) is 13.9. The first-order valence-electron chi connectivity index (χ1n) is 13.8. The summed E-state index contributed by atoms with van der Waals surface area (Å²) in [4.78, 5) is 14.7. The van der Waals surface area contributed by atoms with Gasteiger partial charge >= 0.3 is 0 Å². The molecule has 204 valence electrons. The molecule has 7 nitrogen and oxygen atoms in total. The Morgan fingerprint density at radius 2 is 1.92 bits per heavy atom. The predicted octanol–water partition coefficient (Wildman–Crippen LogP) is 5.45. The van der Waals surface area contributed by atoms with Crippen LogP contribution < -0.4 is 10.6 Å². The van der Waals surface area contributed by atoms with Gasteiger partial charge < -0.3 is 20.7 Å². The summed E-state index contributed by atoms with van der Waals surface area (Å²) >= 11 is 6.15. The summed E-state index contributed by atoms with van der Waals surface area (Å²) in [5.41, 5.74) is 5.27. The number of aliphatic hydroxyl groups excluding tert-OH is 1. The molecule has 1 fully saturated rings. The molecular weight excluding hydrogens is 496 g/mol. The summed E-state index contributed by atoms with van der Waals surface area (Å²) in [6, 6.07) is 11.9. The zero-order valence-corrected chi connectivity index (χ0v) is 23.5. The molecule has 4 rings (SSSR count). The highest BCUT2D eigenvalue weighted by atomic mass is 35.5. The second-order valence-electron chi connectivity index (χ2n) is 10.2. The maximum absolute atomic E-state index is 10.9. The Morgan fingerprint density at radius 3 is 2.58 bits per heavy atom. The Labute approximate surface area is 231 Å². The van der Waals surface area contributed by atoms with Crippen LogP contribution in [0.25, 0.3) is 11.3 Å². The lowest BCUT2D eigenvalue weighted by atomic mass is 10.1. The van der Waals surface area contributed by atoms with Gasteiger partial charge in [-0.1, -0.05) is 36.7 Å². The number of hydrogen-bond acceptors (Lipinski definition) is 6. The zero-order valence-electron chi connectivity index (χ0n) is 22.8. The monoisotopic (exact) mass is 536 g/mol. The van der Waals surface area contributed by atoms with Crippen LogP contribution in [-0.2, 0) is 13.0 Å². The van der Waals surface area contributed by atoms with Crippen molar-refractivity contribution >= 4 is 11.6 Å². The van der Waals surface area contributed by atoms with E-state index in [0.717, 1.165) is 60.8 Å². The quantitative estimate of drug-likeness (QED) is 0.152. The van der Waals surface area contributed by atoms with Gasteiger partial charge in [-0.3, -0.25) is 9.88 Å². The van der Waals surface area contributed by atoms with Crippen LogP contribution in [0.15, 0.2) is 60.6 Å². The molecule has 2 atom stereocenters. The molecule has 0 radical (unpaired) electrons. The molecule has 2 heterocycles. The SMILES string of the molecule is C/C=C(\NC(C)Cc1nc(-c2ccc(Cl)cc2)c(CNCCN(CCC)C(O)c2ccncc2)[nH]1)C1CC1. The number of nitrogens with zero attached hydrogens (tertiary/aromatic N) is 3. The predicted molar refractivity (Wildman–Crippen MR) is 155 cm³/mol. The maximum Gasteiger partial charge on any atom is 0.133 e. The average Bonchev–Trinajstić information content (AvgIpc) is 3.70. The molecule has 0 bridgehead atoms. The summed E-state index contributed by atoms with van der Waals surface area (Å²) in [5.74, 6) is 1.67. The number of halogens is 1. The zero-order chi connectivity index (χ0) is 26.9. The van der Waals surface area contributed by atoms with E-state index in [1.165, 1.54) is 18.5 Å². The highest BCUT2D eigenvalue weighted by Gasteiger charge is 2.26. The van der Waals surface area contributed by atoms with E-state index >= 15 is 0 Å². The Morgan fingerprint density at radius 1 is 1.18 bits per heavy atom. The van der Waals surface area contributed by atoms with Crippen LogP contribution in [0.2, 0.25) is 5.02 Å². The van der Waals surface area contributed by atoms with Gasteiger partial charge in [0.2, 0.25) is 0 Å². The third kappa shape index (κ3) is 7.90. The molecule has 3 aromatic rings. The van der Waals surface area contributed by atoms with Gasteiger partial charge in [-0.25, -0.2) is 4.98 Å². The van der Waals surface area contributed by atoms with Crippen LogP contribution in [0.3, 0.4) is 0 Å². The average molecular weight is 537 g/mol. The number of allylic oxidation sites excluding steroid dienone is 2. The van der Waals surface area contributed by atoms with Crippen LogP contribution in [0, 0.1) is 5.92 Å². The number of nitrogens with one attached hydrogen (secondary N) is 3. The number of benzene rings is 1. The number of aromatic amines is 1. The Balaban J connectivity index is 1.40. The Hall–Kier alpha value is -2.71. The minimum Gasteiger partial charge on any atom is -0.385 e. The summed E-state index contributed by atoms with van der Waals surface area (Å²) in [6.45, 7) is 9.38. The summed E-state index contributed by atoms with van der Waals surface area (Å²) in [5, 5.41) is 18.8. The lowest BCUT2D eigenvalue weighted by molar-refractivity contribution is 0.00231. The van der Waals surface area contributed by atoms with E-state index in [0.29, 0.717) is 17.5 Å². The molecule has 4 N–H and O–H groups in total. The van der Waals surface area contributed by atoms with Crippen LogP contribution in [-0.4, -0.2) is 50.6 Å². The topological polar surface area (TPSA) is 89.1 Å². The summed E-state index contributed by atoms with van der Waals surface area (Å²) < 4.78 is 0. The standard InChI is InChI=1S/C30H41ClN6O/c1-4-17-37(30(38)24-12-14-32-15-13-24)18-16-33-20-27-29(23-8-10-25(31)11-9-23)36-28(35-27)19-21(3)34-26(5-2)22-6-7-22/h5,8-15,21-22,30,33-34,38H,4,6-7,16-20H2,1-3H3,(H,35,36)/b26-5-. The van der Waals surface area contributed by atoms with Gasteiger partial charge in [-0.05, 0) is 68.9 Å². The van der Waals surface area contributed by atoms with Crippen LogP contribution in [0.1, 0.15) is 63.3 Å². The molecule has 0 spiro atoms. The van der Waals surface area contributed by atoms with Crippen molar-refractivity contribution < 1.29 is 5.11 Å². The lowest BCUT2D eigenvalue weighted by Crippen LogP contribution is -2.35. The highest BCUT2D eigenvalue weighted by Crippen LogP contribution is 2.35. The number of aromatic nitrogens is 3. The van der Waals surface area contributed by atoms with Crippen LogP contribution >= 0.6 is 11.6 Å². The second-order valence-corrected chi connectivity index (χ2v) is 10.6. The molecule has 1 aliphatic carbocycles. The van der Waals surface area contributed by atoms with E-state index in [4.69, 9.17) is 16.6 Å². The number of rotatable bonds is 15. The first-order chi connectivity index (χ1) is 18.5. The number of imidazole rings is 1. The van der Waals surface area contributed by atoms with E-state index in [9.17, 15) is 5.11 Å². The molecule has 2 aromatic heterocycles. The third-order valence-electron chi connectivity index (χ3n) is 6.92. The van der Waals surface area contributed by atoms with Crippen molar-refractivity contribution in [2.24, 2.45) is 5.92 Å². The molecule has 0 aliphatic heterocycles. The van der Waals surface area contributed by atoms with Crippen molar-refractivity contribution in [3.63, 3.8) is 0 Å². The molecule has 8 heteroatoms. The Bertz CT molecular complexity index is 1160. The van der Waals surface area contributed by atoms with E-state index in [1.807, 2.05) is 36.4 Å². The van der Waals surface area contributed by atoms with Gasteiger partial charge in [0, 0.05) is 67.3 Å². The van der Waals surface area contributed by atoms with Crippen molar-refractivity contribution in [2.75, 3.05) is 19.6 Å². The van der Waals surface area contributed by atoms with Crippen molar-refractivity contribution in [3.8, 4) is 11.3 Å². The summed E-state index contributed by atoms with van der Waals surface area (Å²) in [7, 11) is 0. The van der Waals surface area contributed by atoms with Gasteiger partial charge in [0.25, 0.3) is 0 Å². The molecule has 0 saturated heterocycles. The fourth-order valence-electron chi connectivity index (χ4n) is 4.82. The lowest BCUT2D eigenvalue weighted by Gasteiger charge is -2.27. The van der Waals surface area contributed by atoms with Crippen molar-refractivity contribution in [1.29, 1.82) is 0 Å². The molecule has 1 aliphatic rings. The molecule has 0 amide bonds. The molecule has 1 aromatic carbocycles. The fourth-order valence-corrected chi connectivity index (χ4v) is 4.94. The van der Waals surface area contributed by atoms with Gasteiger partial charge in [0.05, 0.1) is 11.4 Å². The highest BCUT2D eigenvalue weighted by molar-refractivity contribution is 6.30.